The number of halogens is 1. The van der Waals surface area contributed by atoms with Crippen molar-refractivity contribution in [1.82, 2.24) is 4.98 Å². The number of pyridine rings is 1. The number of anilines is 1. The molecule has 6 heteroatoms. The number of hydrogen-bond donors (Lipinski definition) is 1. The molecule has 1 aromatic heterocycles. The summed E-state index contributed by atoms with van der Waals surface area (Å²) >= 11 is 6.06. The minimum absolute atomic E-state index is 0.369. The van der Waals surface area contributed by atoms with Crippen LogP contribution in [0.3, 0.4) is 0 Å². The minimum Gasteiger partial charge on any atom is -0.282 e. The van der Waals surface area contributed by atoms with Gasteiger partial charge in [-0.1, -0.05) is 11.6 Å². The number of benzene rings is 1. The summed E-state index contributed by atoms with van der Waals surface area (Å²) in [7, 11) is -3.37. The van der Waals surface area contributed by atoms with E-state index in [4.69, 9.17) is 11.6 Å². The number of aryl methyl sites for hydroxylation is 1. The summed E-state index contributed by atoms with van der Waals surface area (Å²) < 4.78 is 25.0. The first-order chi connectivity index (χ1) is 7.88. The summed E-state index contributed by atoms with van der Waals surface area (Å²) in [5.41, 5.74) is 2.02. The first-order valence-corrected chi connectivity index (χ1v) is 7.17. The fourth-order valence-corrected chi connectivity index (χ4v) is 2.63. The maximum Gasteiger partial charge on any atom is 0.229 e. The van der Waals surface area contributed by atoms with Crippen molar-refractivity contribution in [1.29, 1.82) is 0 Å². The van der Waals surface area contributed by atoms with Crippen LogP contribution in [0, 0.1) is 6.92 Å². The van der Waals surface area contributed by atoms with Crippen LogP contribution >= 0.6 is 11.6 Å². The van der Waals surface area contributed by atoms with Crippen LogP contribution in [0.2, 0.25) is 5.02 Å². The molecular weight excluding hydrogens is 260 g/mol. The molecule has 0 radical (unpaired) electrons. The molecule has 90 valence electrons. The van der Waals surface area contributed by atoms with Crippen molar-refractivity contribution in [3.63, 3.8) is 0 Å². The minimum atomic E-state index is -3.37. The summed E-state index contributed by atoms with van der Waals surface area (Å²) in [5, 5.41) is 1.07. The number of aromatic nitrogens is 1. The topological polar surface area (TPSA) is 59.1 Å². The second kappa shape index (κ2) is 4.16. The van der Waals surface area contributed by atoms with E-state index in [0.29, 0.717) is 16.1 Å². The molecule has 1 aromatic carbocycles. The highest BCUT2D eigenvalue weighted by Gasteiger charge is 2.12. The SMILES string of the molecule is Cc1cc(Cl)c(NS(C)(=O)=O)c2cccnc12. The highest BCUT2D eigenvalue weighted by molar-refractivity contribution is 7.92. The largest absolute Gasteiger partial charge is 0.282 e. The van der Waals surface area contributed by atoms with Crippen LogP contribution in [0.4, 0.5) is 5.69 Å². The van der Waals surface area contributed by atoms with Gasteiger partial charge in [-0.3, -0.25) is 9.71 Å². The van der Waals surface area contributed by atoms with Gasteiger partial charge >= 0.3 is 0 Å². The van der Waals surface area contributed by atoms with Gasteiger partial charge in [-0.15, -0.1) is 0 Å². The van der Waals surface area contributed by atoms with Crippen molar-refractivity contribution in [3.8, 4) is 0 Å². The lowest BCUT2D eigenvalue weighted by Crippen LogP contribution is -2.10. The van der Waals surface area contributed by atoms with Gasteiger partial charge in [0.25, 0.3) is 0 Å². The predicted octanol–water partition coefficient (Wildman–Crippen LogP) is 2.57. The Bertz CT molecular complexity index is 683. The van der Waals surface area contributed by atoms with Crippen LogP contribution < -0.4 is 4.72 Å². The number of nitrogens with zero attached hydrogens (tertiary/aromatic N) is 1. The number of nitrogens with one attached hydrogen (secondary N) is 1. The zero-order valence-electron chi connectivity index (χ0n) is 9.36. The van der Waals surface area contributed by atoms with Crippen LogP contribution in [0.25, 0.3) is 10.9 Å². The zero-order chi connectivity index (χ0) is 12.6. The molecule has 0 unspecified atom stereocenters. The molecule has 0 saturated heterocycles. The van der Waals surface area contributed by atoms with Crippen LogP contribution in [0.1, 0.15) is 5.56 Å². The maximum atomic E-state index is 11.3. The Hall–Kier alpha value is -1.33. The Morgan fingerprint density at radius 2 is 2.12 bits per heavy atom. The monoisotopic (exact) mass is 270 g/mol. The molecule has 0 amide bonds. The molecule has 2 aromatic rings. The van der Waals surface area contributed by atoms with E-state index in [9.17, 15) is 8.42 Å². The average Bonchev–Trinajstić information content (AvgIpc) is 2.23. The molecule has 4 nitrogen and oxygen atoms in total. The molecule has 1 N–H and O–H groups in total. The molecule has 0 saturated carbocycles. The Balaban J connectivity index is 2.78. The highest BCUT2D eigenvalue weighted by atomic mass is 35.5. The quantitative estimate of drug-likeness (QED) is 0.912. The number of sulfonamides is 1. The molecule has 2 rings (SSSR count). The van der Waals surface area contributed by atoms with Gasteiger partial charge in [0.15, 0.2) is 0 Å². The van der Waals surface area contributed by atoms with Gasteiger partial charge in [0, 0.05) is 11.6 Å². The van der Waals surface area contributed by atoms with Gasteiger partial charge in [-0.05, 0) is 30.7 Å². The number of rotatable bonds is 2. The van der Waals surface area contributed by atoms with Gasteiger partial charge in [-0.25, -0.2) is 8.42 Å². The van der Waals surface area contributed by atoms with Gasteiger partial charge in [0.05, 0.1) is 22.5 Å². The first-order valence-electron chi connectivity index (χ1n) is 4.90. The summed E-state index contributed by atoms with van der Waals surface area (Å²) in [6, 6.07) is 5.23. The van der Waals surface area contributed by atoms with Crippen LogP contribution in [-0.4, -0.2) is 19.7 Å². The molecule has 0 fully saturated rings. The second-order valence-electron chi connectivity index (χ2n) is 3.82. The Morgan fingerprint density at radius 3 is 2.76 bits per heavy atom. The number of hydrogen-bond acceptors (Lipinski definition) is 3. The lowest BCUT2D eigenvalue weighted by molar-refractivity contribution is 0.607. The van der Waals surface area contributed by atoms with Crippen molar-refractivity contribution in [2.75, 3.05) is 11.0 Å². The van der Waals surface area contributed by atoms with E-state index in [1.54, 1.807) is 24.4 Å². The maximum absolute atomic E-state index is 11.3. The van der Waals surface area contributed by atoms with E-state index in [0.717, 1.165) is 17.3 Å². The van der Waals surface area contributed by atoms with E-state index >= 15 is 0 Å². The van der Waals surface area contributed by atoms with Crippen molar-refractivity contribution in [3.05, 3.63) is 35.0 Å². The smallest absolute Gasteiger partial charge is 0.229 e. The lowest BCUT2D eigenvalue weighted by atomic mass is 10.1. The average molecular weight is 271 g/mol. The molecule has 1 heterocycles. The molecular formula is C11H11ClN2O2S. The predicted molar refractivity (Wildman–Crippen MR) is 70.0 cm³/mol. The summed E-state index contributed by atoms with van der Waals surface area (Å²) in [4.78, 5) is 4.22. The molecule has 0 aliphatic heterocycles. The third-order valence-corrected chi connectivity index (χ3v) is 3.19. The summed E-state index contributed by atoms with van der Waals surface area (Å²) in [6.45, 7) is 1.88. The molecule has 0 aliphatic carbocycles. The molecule has 0 spiro atoms. The fraction of sp³-hybridized carbons (Fsp3) is 0.182. The third kappa shape index (κ3) is 2.50. The molecule has 0 bridgehead atoms. The van der Waals surface area contributed by atoms with Crippen LogP contribution in [0.15, 0.2) is 24.4 Å². The van der Waals surface area contributed by atoms with Gasteiger partial charge in [-0.2, -0.15) is 0 Å². The van der Waals surface area contributed by atoms with Crippen molar-refractivity contribution < 1.29 is 8.42 Å². The van der Waals surface area contributed by atoms with Crippen molar-refractivity contribution in [2.45, 2.75) is 6.92 Å². The number of fused-ring (bicyclic) bond motifs is 1. The standard InChI is InChI=1S/C11H11ClN2O2S/c1-7-6-9(12)11(14-17(2,15)16)8-4-3-5-13-10(7)8/h3-6,14H,1-2H3. The molecule has 0 atom stereocenters. The van der Waals surface area contributed by atoms with Gasteiger partial charge in [0.2, 0.25) is 10.0 Å². The highest BCUT2D eigenvalue weighted by Crippen LogP contribution is 2.33. The van der Waals surface area contributed by atoms with Crippen LogP contribution in [-0.2, 0) is 10.0 Å². The summed E-state index contributed by atoms with van der Waals surface area (Å²) in [6.07, 6.45) is 2.75. The van der Waals surface area contributed by atoms with Gasteiger partial charge < -0.3 is 0 Å². The Morgan fingerprint density at radius 1 is 1.41 bits per heavy atom. The van der Waals surface area contributed by atoms with E-state index < -0.39 is 10.0 Å². The van der Waals surface area contributed by atoms with Crippen molar-refractivity contribution >= 4 is 38.2 Å². The molecule has 17 heavy (non-hydrogen) atoms. The fourth-order valence-electron chi connectivity index (χ4n) is 1.67. The summed E-state index contributed by atoms with van der Waals surface area (Å²) in [5.74, 6) is 0. The van der Waals surface area contributed by atoms with E-state index in [2.05, 4.69) is 9.71 Å². The Labute approximate surface area is 105 Å². The van der Waals surface area contributed by atoms with Crippen LogP contribution in [0.5, 0.6) is 0 Å². The Kier molecular flexibility index (Phi) is 2.97. The first kappa shape index (κ1) is 12.1. The molecule has 0 aliphatic rings. The van der Waals surface area contributed by atoms with E-state index in [1.165, 1.54) is 0 Å². The van der Waals surface area contributed by atoms with E-state index in [1.807, 2.05) is 6.92 Å². The third-order valence-electron chi connectivity index (χ3n) is 2.32. The van der Waals surface area contributed by atoms with Crippen molar-refractivity contribution in [2.24, 2.45) is 0 Å². The second-order valence-corrected chi connectivity index (χ2v) is 5.98. The van der Waals surface area contributed by atoms with Gasteiger partial charge in [0.1, 0.15) is 0 Å². The van der Waals surface area contributed by atoms with E-state index in [-0.39, 0.29) is 0 Å². The zero-order valence-corrected chi connectivity index (χ0v) is 10.9. The normalized spacial score (nSPS) is 11.7. The lowest BCUT2D eigenvalue weighted by Gasteiger charge is -2.11.